The van der Waals surface area contributed by atoms with Crippen molar-refractivity contribution in [2.24, 2.45) is 5.10 Å². The highest BCUT2D eigenvalue weighted by Gasteiger charge is 2.09. The molecular formula is C16H14N4OS. The van der Waals surface area contributed by atoms with Crippen molar-refractivity contribution in [2.45, 2.75) is 6.92 Å². The van der Waals surface area contributed by atoms with Crippen molar-refractivity contribution in [2.75, 3.05) is 0 Å². The van der Waals surface area contributed by atoms with Crippen molar-refractivity contribution >= 4 is 24.5 Å². The minimum absolute atomic E-state index is 0.445. The van der Waals surface area contributed by atoms with E-state index < -0.39 is 0 Å². The van der Waals surface area contributed by atoms with Gasteiger partial charge < -0.3 is 4.42 Å². The molecule has 0 saturated heterocycles. The van der Waals surface area contributed by atoms with Crippen LogP contribution in [0.1, 0.15) is 11.3 Å². The van der Waals surface area contributed by atoms with Crippen LogP contribution in [-0.4, -0.2) is 21.1 Å². The monoisotopic (exact) mass is 310 g/mol. The molecule has 5 nitrogen and oxygen atoms in total. The summed E-state index contributed by atoms with van der Waals surface area (Å²) in [5.74, 6) is 1.45. The van der Waals surface area contributed by atoms with Crippen molar-refractivity contribution in [3.8, 4) is 11.4 Å². The predicted octanol–water partition coefficient (Wildman–Crippen LogP) is 4.06. The summed E-state index contributed by atoms with van der Waals surface area (Å²) in [5, 5.41) is 11.4. The van der Waals surface area contributed by atoms with Crippen LogP contribution in [0.4, 0.5) is 0 Å². The molecule has 3 aromatic rings. The van der Waals surface area contributed by atoms with Crippen molar-refractivity contribution in [3.63, 3.8) is 0 Å². The molecule has 2 heterocycles. The number of furan rings is 1. The summed E-state index contributed by atoms with van der Waals surface area (Å²) >= 11 is 5.23. The van der Waals surface area contributed by atoms with E-state index in [4.69, 9.17) is 16.6 Å². The largest absolute Gasteiger partial charge is 0.465 e. The van der Waals surface area contributed by atoms with Crippen LogP contribution in [0.5, 0.6) is 0 Å². The number of hydrogen-bond acceptors (Lipinski definition) is 4. The molecule has 0 unspecified atom stereocenters. The zero-order valence-electron chi connectivity index (χ0n) is 11.9. The molecule has 1 aromatic carbocycles. The first-order chi connectivity index (χ1) is 10.8. The first-order valence-electron chi connectivity index (χ1n) is 6.73. The minimum atomic E-state index is 0.445. The van der Waals surface area contributed by atoms with Gasteiger partial charge in [-0.3, -0.25) is 0 Å². The van der Waals surface area contributed by atoms with Crippen LogP contribution in [0.2, 0.25) is 0 Å². The van der Waals surface area contributed by atoms with Gasteiger partial charge in [0.2, 0.25) is 4.77 Å². The molecule has 0 fully saturated rings. The van der Waals surface area contributed by atoms with E-state index in [9.17, 15) is 0 Å². The Kier molecular flexibility index (Phi) is 4.11. The Morgan fingerprint density at radius 2 is 2.14 bits per heavy atom. The maximum absolute atomic E-state index is 5.23. The van der Waals surface area contributed by atoms with Gasteiger partial charge in [0.25, 0.3) is 0 Å². The quantitative estimate of drug-likeness (QED) is 0.584. The zero-order chi connectivity index (χ0) is 15.4. The Morgan fingerprint density at radius 3 is 2.91 bits per heavy atom. The Labute approximate surface area is 132 Å². The van der Waals surface area contributed by atoms with E-state index in [2.05, 4.69) is 15.3 Å². The Hall–Kier alpha value is -2.73. The number of H-pyrrole nitrogens is 1. The third-order valence-electron chi connectivity index (χ3n) is 3.11. The molecule has 0 aliphatic rings. The van der Waals surface area contributed by atoms with E-state index in [1.54, 1.807) is 23.2 Å². The third-order valence-corrected chi connectivity index (χ3v) is 3.37. The summed E-state index contributed by atoms with van der Waals surface area (Å²) in [6.07, 6.45) is 6.88. The summed E-state index contributed by atoms with van der Waals surface area (Å²) < 4.78 is 7.26. The molecular weight excluding hydrogens is 296 g/mol. The van der Waals surface area contributed by atoms with Crippen LogP contribution >= 0.6 is 12.2 Å². The third kappa shape index (κ3) is 2.96. The average molecular weight is 310 g/mol. The van der Waals surface area contributed by atoms with E-state index in [-0.39, 0.29) is 0 Å². The van der Waals surface area contributed by atoms with Gasteiger partial charge in [-0.1, -0.05) is 24.3 Å². The SMILES string of the molecule is Cc1ccccc1-c1n[nH]c(=S)n1N=C/C=C/c1ccco1. The van der Waals surface area contributed by atoms with Gasteiger partial charge in [-0.25, -0.2) is 5.10 Å². The molecule has 0 saturated carbocycles. The highest BCUT2D eigenvalue weighted by molar-refractivity contribution is 7.71. The summed E-state index contributed by atoms with van der Waals surface area (Å²) in [5.41, 5.74) is 2.10. The fourth-order valence-electron chi connectivity index (χ4n) is 2.03. The number of nitrogens with one attached hydrogen (secondary N) is 1. The van der Waals surface area contributed by atoms with Crippen molar-refractivity contribution in [3.05, 3.63) is 64.8 Å². The fourth-order valence-corrected chi connectivity index (χ4v) is 2.21. The minimum Gasteiger partial charge on any atom is -0.465 e. The lowest BCUT2D eigenvalue weighted by atomic mass is 10.1. The summed E-state index contributed by atoms with van der Waals surface area (Å²) in [7, 11) is 0. The molecule has 2 aromatic heterocycles. The molecule has 3 rings (SSSR count). The zero-order valence-corrected chi connectivity index (χ0v) is 12.7. The standard InChI is InChI=1S/C16H14N4OS/c1-12-6-2-3-9-14(12)15-18-19-16(22)20(15)17-10-4-7-13-8-5-11-21-13/h2-11H,1H3,(H,19,22)/b7-4+,17-10?. The van der Waals surface area contributed by atoms with E-state index in [1.165, 1.54) is 0 Å². The van der Waals surface area contributed by atoms with Crippen molar-refractivity contribution < 1.29 is 4.42 Å². The number of hydrogen-bond donors (Lipinski definition) is 1. The summed E-state index contributed by atoms with van der Waals surface area (Å²) in [6, 6.07) is 11.7. The average Bonchev–Trinajstić information content (AvgIpc) is 3.15. The number of aromatic amines is 1. The van der Waals surface area contributed by atoms with E-state index in [0.29, 0.717) is 10.6 Å². The van der Waals surface area contributed by atoms with Crippen LogP contribution in [-0.2, 0) is 0 Å². The highest BCUT2D eigenvalue weighted by Crippen LogP contribution is 2.20. The normalized spacial score (nSPS) is 11.7. The second-order valence-corrected chi connectivity index (χ2v) is 5.00. The molecule has 0 bridgehead atoms. The molecule has 0 aliphatic carbocycles. The highest BCUT2D eigenvalue weighted by atomic mass is 32.1. The Morgan fingerprint density at radius 1 is 1.27 bits per heavy atom. The van der Waals surface area contributed by atoms with E-state index in [0.717, 1.165) is 16.9 Å². The molecule has 0 atom stereocenters. The molecule has 0 radical (unpaired) electrons. The van der Waals surface area contributed by atoms with Gasteiger partial charge in [-0.05, 0) is 49.0 Å². The Bertz CT molecular complexity index is 872. The molecule has 1 N–H and O–H groups in total. The van der Waals surface area contributed by atoms with E-state index in [1.807, 2.05) is 49.4 Å². The maximum atomic E-state index is 5.23. The van der Waals surface area contributed by atoms with Crippen LogP contribution in [0.3, 0.4) is 0 Å². The van der Waals surface area contributed by atoms with E-state index >= 15 is 0 Å². The van der Waals surface area contributed by atoms with Crippen LogP contribution in [0.25, 0.3) is 17.5 Å². The molecule has 22 heavy (non-hydrogen) atoms. The lowest BCUT2D eigenvalue weighted by molar-refractivity contribution is 0.557. The fraction of sp³-hybridized carbons (Fsp3) is 0.0625. The number of allylic oxidation sites excluding steroid dienone is 1. The first kappa shape index (κ1) is 14.2. The molecule has 0 amide bonds. The topological polar surface area (TPSA) is 59.1 Å². The van der Waals surface area contributed by atoms with Gasteiger partial charge in [0.15, 0.2) is 5.82 Å². The van der Waals surface area contributed by atoms with Crippen LogP contribution in [0, 0.1) is 11.7 Å². The number of benzene rings is 1. The smallest absolute Gasteiger partial charge is 0.216 e. The van der Waals surface area contributed by atoms with Gasteiger partial charge in [0, 0.05) is 11.8 Å². The summed E-state index contributed by atoms with van der Waals surface area (Å²) in [6.45, 7) is 2.03. The molecule has 6 heteroatoms. The number of aryl methyl sites for hydroxylation is 1. The number of nitrogens with zero attached hydrogens (tertiary/aromatic N) is 3. The van der Waals surface area contributed by atoms with Crippen molar-refractivity contribution in [1.82, 2.24) is 14.9 Å². The van der Waals surface area contributed by atoms with Gasteiger partial charge in [0.05, 0.1) is 6.26 Å². The number of aromatic nitrogens is 3. The summed E-state index contributed by atoms with van der Waals surface area (Å²) in [4.78, 5) is 0. The van der Waals surface area contributed by atoms with Gasteiger partial charge in [-0.15, -0.1) is 0 Å². The van der Waals surface area contributed by atoms with Crippen molar-refractivity contribution in [1.29, 1.82) is 0 Å². The van der Waals surface area contributed by atoms with Gasteiger partial charge >= 0.3 is 0 Å². The maximum Gasteiger partial charge on any atom is 0.216 e. The van der Waals surface area contributed by atoms with Crippen LogP contribution < -0.4 is 0 Å². The predicted molar refractivity (Wildman–Crippen MR) is 89.2 cm³/mol. The van der Waals surface area contributed by atoms with Crippen LogP contribution in [0.15, 0.2) is 58.3 Å². The lowest BCUT2D eigenvalue weighted by Crippen LogP contribution is -1.95. The number of rotatable bonds is 4. The second-order valence-electron chi connectivity index (χ2n) is 4.62. The van der Waals surface area contributed by atoms with Gasteiger partial charge in [-0.2, -0.15) is 14.9 Å². The first-order valence-corrected chi connectivity index (χ1v) is 7.14. The second kappa shape index (κ2) is 6.36. The molecule has 0 aliphatic heterocycles. The molecule has 110 valence electrons. The molecule has 0 spiro atoms. The Balaban J connectivity index is 1.90. The van der Waals surface area contributed by atoms with Gasteiger partial charge in [0.1, 0.15) is 5.76 Å². The lowest BCUT2D eigenvalue weighted by Gasteiger charge is -2.03.